The number of hydrogen-bond donors (Lipinski definition) is 1. The van der Waals surface area contributed by atoms with Gasteiger partial charge in [-0.3, -0.25) is 4.79 Å². The van der Waals surface area contributed by atoms with E-state index in [0.717, 1.165) is 5.69 Å². The highest BCUT2D eigenvalue weighted by atomic mass is 16.5. The zero-order chi connectivity index (χ0) is 13.1. The summed E-state index contributed by atoms with van der Waals surface area (Å²) < 4.78 is 4.69. The second-order valence-electron chi connectivity index (χ2n) is 4.38. The third-order valence-electron chi connectivity index (χ3n) is 2.44. The SMILES string of the molecule is COC(=O)C(C)(C)Nc1ccc(C(C)=O)cc1. The molecule has 1 N–H and O–H groups in total. The third-order valence-corrected chi connectivity index (χ3v) is 2.44. The van der Waals surface area contributed by atoms with Crippen molar-refractivity contribution in [3.05, 3.63) is 29.8 Å². The lowest BCUT2D eigenvalue weighted by Crippen LogP contribution is -2.41. The van der Waals surface area contributed by atoms with Gasteiger partial charge in [-0.2, -0.15) is 0 Å². The molecule has 0 atom stereocenters. The molecule has 0 bridgehead atoms. The van der Waals surface area contributed by atoms with Gasteiger partial charge in [0.25, 0.3) is 0 Å². The number of carbonyl (C=O) groups excluding carboxylic acids is 2. The van der Waals surface area contributed by atoms with Gasteiger partial charge in [0.15, 0.2) is 5.78 Å². The fourth-order valence-electron chi connectivity index (χ4n) is 1.46. The summed E-state index contributed by atoms with van der Waals surface area (Å²) in [5.41, 5.74) is 0.615. The molecule has 0 aliphatic rings. The van der Waals surface area contributed by atoms with Crippen LogP contribution in [-0.2, 0) is 9.53 Å². The summed E-state index contributed by atoms with van der Waals surface area (Å²) in [6.07, 6.45) is 0. The van der Waals surface area contributed by atoms with Crippen LogP contribution in [0.25, 0.3) is 0 Å². The van der Waals surface area contributed by atoms with Crippen molar-refractivity contribution in [3.8, 4) is 0 Å². The van der Waals surface area contributed by atoms with Gasteiger partial charge in [-0.25, -0.2) is 4.79 Å². The minimum Gasteiger partial charge on any atom is -0.467 e. The fraction of sp³-hybridized carbons (Fsp3) is 0.385. The number of ether oxygens (including phenoxy) is 1. The average molecular weight is 235 g/mol. The number of nitrogens with one attached hydrogen (secondary N) is 1. The summed E-state index contributed by atoms with van der Waals surface area (Å²) in [6, 6.07) is 6.97. The zero-order valence-corrected chi connectivity index (χ0v) is 10.5. The highest BCUT2D eigenvalue weighted by Gasteiger charge is 2.28. The van der Waals surface area contributed by atoms with Crippen LogP contribution < -0.4 is 5.32 Å². The molecule has 0 saturated carbocycles. The Morgan fingerprint density at radius 1 is 1.18 bits per heavy atom. The molecule has 0 aromatic heterocycles. The lowest BCUT2D eigenvalue weighted by atomic mass is 10.0. The molecular formula is C13H17NO3. The van der Waals surface area contributed by atoms with Crippen molar-refractivity contribution in [1.82, 2.24) is 0 Å². The van der Waals surface area contributed by atoms with Crippen molar-refractivity contribution in [2.24, 2.45) is 0 Å². The molecule has 1 aromatic rings. The number of rotatable bonds is 4. The van der Waals surface area contributed by atoms with Crippen molar-refractivity contribution >= 4 is 17.4 Å². The van der Waals surface area contributed by atoms with Crippen molar-refractivity contribution in [3.63, 3.8) is 0 Å². The second-order valence-corrected chi connectivity index (χ2v) is 4.38. The van der Waals surface area contributed by atoms with Crippen LogP contribution in [0.5, 0.6) is 0 Å². The van der Waals surface area contributed by atoms with Gasteiger partial charge in [0.05, 0.1) is 7.11 Å². The van der Waals surface area contributed by atoms with Gasteiger partial charge in [0.2, 0.25) is 0 Å². The lowest BCUT2D eigenvalue weighted by Gasteiger charge is -2.24. The second kappa shape index (κ2) is 4.99. The van der Waals surface area contributed by atoms with Gasteiger partial charge in [0, 0.05) is 11.3 Å². The predicted octanol–water partition coefficient (Wildman–Crippen LogP) is 2.25. The summed E-state index contributed by atoms with van der Waals surface area (Å²) >= 11 is 0. The lowest BCUT2D eigenvalue weighted by molar-refractivity contribution is -0.144. The van der Waals surface area contributed by atoms with E-state index in [0.29, 0.717) is 5.56 Å². The summed E-state index contributed by atoms with van der Waals surface area (Å²) in [4.78, 5) is 22.6. The molecule has 17 heavy (non-hydrogen) atoms. The summed E-state index contributed by atoms with van der Waals surface area (Å²) in [5, 5.41) is 3.05. The molecule has 4 nitrogen and oxygen atoms in total. The molecule has 0 aliphatic carbocycles. The van der Waals surface area contributed by atoms with Crippen molar-refractivity contribution in [1.29, 1.82) is 0 Å². The van der Waals surface area contributed by atoms with Gasteiger partial charge < -0.3 is 10.1 Å². The molecule has 0 radical (unpaired) electrons. The highest BCUT2D eigenvalue weighted by Crippen LogP contribution is 2.17. The number of benzene rings is 1. The molecule has 0 fully saturated rings. The van der Waals surface area contributed by atoms with Crippen LogP contribution in [0.2, 0.25) is 0 Å². The average Bonchev–Trinajstić information content (AvgIpc) is 2.28. The van der Waals surface area contributed by atoms with Gasteiger partial charge >= 0.3 is 5.97 Å². The van der Waals surface area contributed by atoms with E-state index in [-0.39, 0.29) is 11.8 Å². The molecule has 0 spiro atoms. The molecule has 0 amide bonds. The third kappa shape index (κ3) is 3.31. The fourth-order valence-corrected chi connectivity index (χ4v) is 1.46. The van der Waals surface area contributed by atoms with Crippen LogP contribution in [0, 0.1) is 0 Å². The molecule has 92 valence electrons. The number of ketones is 1. The predicted molar refractivity (Wildman–Crippen MR) is 66.2 cm³/mol. The summed E-state index contributed by atoms with van der Waals surface area (Å²) in [5.74, 6) is -0.322. The highest BCUT2D eigenvalue weighted by molar-refractivity contribution is 5.94. The normalized spacial score (nSPS) is 10.8. The van der Waals surface area contributed by atoms with Crippen molar-refractivity contribution in [2.45, 2.75) is 26.3 Å². The van der Waals surface area contributed by atoms with E-state index >= 15 is 0 Å². The molecular weight excluding hydrogens is 218 g/mol. The Hall–Kier alpha value is -1.84. The number of hydrogen-bond acceptors (Lipinski definition) is 4. The van der Waals surface area contributed by atoms with E-state index < -0.39 is 5.54 Å². The Labute approximate surface area is 101 Å². The first-order valence-corrected chi connectivity index (χ1v) is 5.34. The quantitative estimate of drug-likeness (QED) is 0.642. The van der Waals surface area contributed by atoms with E-state index in [9.17, 15) is 9.59 Å². The van der Waals surface area contributed by atoms with Gasteiger partial charge in [0.1, 0.15) is 5.54 Å². The van der Waals surface area contributed by atoms with Crippen LogP contribution in [0.1, 0.15) is 31.1 Å². The molecule has 4 heteroatoms. The van der Waals surface area contributed by atoms with Crippen molar-refractivity contribution < 1.29 is 14.3 Å². The van der Waals surface area contributed by atoms with Crippen LogP contribution in [0.4, 0.5) is 5.69 Å². The van der Waals surface area contributed by atoms with Gasteiger partial charge in [-0.1, -0.05) is 0 Å². The van der Waals surface area contributed by atoms with E-state index in [1.807, 2.05) is 0 Å². The first-order chi connectivity index (χ1) is 7.86. The van der Waals surface area contributed by atoms with Crippen LogP contribution in [-0.4, -0.2) is 24.4 Å². The van der Waals surface area contributed by atoms with Crippen LogP contribution in [0.15, 0.2) is 24.3 Å². The first kappa shape index (κ1) is 13.2. The molecule has 0 saturated heterocycles. The van der Waals surface area contributed by atoms with Crippen molar-refractivity contribution in [2.75, 3.05) is 12.4 Å². The van der Waals surface area contributed by atoms with E-state index in [1.54, 1.807) is 38.1 Å². The Balaban J connectivity index is 2.82. The van der Waals surface area contributed by atoms with Gasteiger partial charge in [-0.15, -0.1) is 0 Å². The summed E-state index contributed by atoms with van der Waals surface area (Å²) in [6.45, 7) is 4.98. The first-order valence-electron chi connectivity index (χ1n) is 5.34. The number of esters is 1. The van der Waals surface area contributed by atoms with E-state index in [2.05, 4.69) is 5.32 Å². The Bertz CT molecular complexity index is 421. The monoisotopic (exact) mass is 235 g/mol. The smallest absolute Gasteiger partial charge is 0.330 e. The Kier molecular flexibility index (Phi) is 3.89. The maximum Gasteiger partial charge on any atom is 0.330 e. The molecule has 1 aromatic carbocycles. The number of Topliss-reactive ketones (excluding diaryl/α,β-unsaturated/α-hetero) is 1. The number of methoxy groups -OCH3 is 1. The maximum atomic E-state index is 11.5. The topological polar surface area (TPSA) is 55.4 Å². The minimum atomic E-state index is -0.799. The number of carbonyl (C=O) groups is 2. The van der Waals surface area contributed by atoms with Gasteiger partial charge in [-0.05, 0) is 45.0 Å². The van der Waals surface area contributed by atoms with E-state index in [4.69, 9.17) is 4.74 Å². The molecule has 0 heterocycles. The Morgan fingerprint density at radius 3 is 2.12 bits per heavy atom. The van der Waals surface area contributed by atoms with Crippen LogP contribution in [0.3, 0.4) is 0 Å². The largest absolute Gasteiger partial charge is 0.467 e. The molecule has 0 aliphatic heterocycles. The standard InChI is InChI=1S/C13H17NO3/c1-9(15)10-5-7-11(8-6-10)14-13(2,3)12(16)17-4/h5-8,14H,1-4H3. The van der Waals surface area contributed by atoms with Crippen LogP contribution >= 0.6 is 0 Å². The molecule has 0 unspecified atom stereocenters. The summed E-state index contributed by atoms with van der Waals surface area (Å²) in [7, 11) is 1.35. The number of anilines is 1. The zero-order valence-electron chi connectivity index (χ0n) is 10.5. The Morgan fingerprint density at radius 2 is 1.71 bits per heavy atom. The van der Waals surface area contributed by atoms with E-state index in [1.165, 1.54) is 14.0 Å². The molecule has 1 rings (SSSR count). The maximum absolute atomic E-state index is 11.5. The minimum absolute atomic E-state index is 0.0174.